The first kappa shape index (κ1) is 12.2. The van der Waals surface area contributed by atoms with Crippen molar-refractivity contribution in [1.82, 2.24) is 4.90 Å². The number of hydrogen-bond acceptors (Lipinski definition) is 2. The van der Waals surface area contributed by atoms with Crippen LogP contribution < -0.4 is 5.73 Å². The van der Waals surface area contributed by atoms with Gasteiger partial charge in [0.05, 0.1) is 6.04 Å². The van der Waals surface area contributed by atoms with E-state index in [0.717, 1.165) is 12.8 Å². The van der Waals surface area contributed by atoms with E-state index in [-0.39, 0.29) is 11.9 Å². The first-order chi connectivity index (χ1) is 7.20. The molecule has 1 aliphatic carbocycles. The number of nitrogens with zero attached hydrogens (tertiary/aromatic N) is 1. The quantitative estimate of drug-likeness (QED) is 0.702. The topological polar surface area (TPSA) is 46.3 Å². The normalized spacial score (nSPS) is 18.8. The minimum Gasteiger partial charge on any atom is -0.335 e. The van der Waals surface area contributed by atoms with Crippen LogP contribution in [0.1, 0.15) is 39.0 Å². The van der Waals surface area contributed by atoms with Crippen molar-refractivity contribution in [2.45, 2.75) is 51.1 Å². The van der Waals surface area contributed by atoms with E-state index >= 15 is 0 Å². The Bertz CT molecular complexity index is 222. The molecule has 0 aliphatic heterocycles. The molecule has 3 heteroatoms. The highest BCUT2D eigenvalue weighted by molar-refractivity contribution is 5.82. The maximum atomic E-state index is 12.0. The van der Waals surface area contributed by atoms with Gasteiger partial charge in [-0.3, -0.25) is 4.79 Å². The maximum Gasteiger partial charge on any atom is 0.240 e. The fourth-order valence-corrected chi connectivity index (χ4v) is 2.16. The molecule has 86 valence electrons. The fraction of sp³-hybridized carbons (Fsp3) is 0.750. The summed E-state index contributed by atoms with van der Waals surface area (Å²) in [5.41, 5.74) is 5.79. The summed E-state index contributed by atoms with van der Waals surface area (Å²) >= 11 is 0. The highest BCUT2D eigenvalue weighted by Gasteiger charge is 2.27. The van der Waals surface area contributed by atoms with Crippen molar-refractivity contribution >= 4 is 5.91 Å². The van der Waals surface area contributed by atoms with Crippen LogP contribution in [0.4, 0.5) is 0 Å². The van der Waals surface area contributed by atoms with Gasteiger partial charge in [0, 0.05) is 12.6 Å². The zero-order valence-corrected chi connectivity index (χ0v) is 9.61. The second kappa shape index (κ2) is 5.91. The van der Waals surface area contributed by atoms with Crippen LogP contribution in [0.2, 0.25) is 0 Å². The number of hydrogen-bond donors (Lipinski definition) is 1. The lowest BCUT2D eigenvalue weighted by Gasteiger charge is -2.30. The maximum absolute atomic E-state index is 12.0. The van der Waals surface area contributed by atoms with Gasteiger partial charge >= 0.3 is 0 Å². The Morgan fingerprint density at radius 2 is 2.20 bits per heavy atom. The predicted molar refractivity (Wildman–Crippen MR) is 62.4 cm³/mol. The molecule has 1 atom stereocenters. The zero-order chi connectivity index (χ0) is 11.3. The Kier molecular flexibility index (Phi) is 4.82. The van der Waals surface area contributed by atoms with Crippen LogP contribution in [-0.2, 0) is 4.79 Å². The minimum absolute atomic E-state index is 0.0873. The van der Waals surface area contributed by atoms with Gasteiger partial charge < -0.3 is 10.6 Å². The van der Waals surface area contributed by atoms with E-state index in [1.54, 1.807) is 6.08 Å². The number of carbonyl (C=O) groups excluding carboxylic acids is 1. The van der Waals surface area contributed by atoms with Crippen LogP contribution in [0, 0.1) is 0 Å². The Hall–Kier alpha value is -0.830. The summed E-state index contributed by atoms with van der Waals surface area (Å²) in [5, 5.41) is 0. The molecule has 1 fully saturated rings. The molecule has 0 bridgehead atoms. The SMILES string of the molecule is C=CCN(C(=O)[C@@H](N)CC)C1CCCC1. The number of nitrogens with two attached hydrogens (primary N) is 1. The molecular weight excluding hydrogens is 188 g/mol. The average Bonchev–Trinajstić information content (AvgIpc) is 2.77. The van der Waals surface area contributed by atoms with Crippen molar-refractivity contribution in [2.75, 3.05) is 6.54 Å². The molecular formula is C12H22N2O. The Morgan fingerprint density at radius 3 is 2.67 bits per heavy atom. The molecule has 0 spiro atoms. The molecule has 1 aliphatic rings. The predicted octanol–water partition coefficient (Wildman–Crippen LogP) is 1.68. The third-order valence-corrected chi connectivity index (χ3v) is 3.13. The molecule has 2 N–H and O–H groups in total. The van der Waals surface area contributed by atoms with Gasteiger partial charge in [0.2, 0.25) is 5.91 Å². The number of rotatable bonds is 5. The summed E-state index contributed by atoms with van der Waals surface area (Å²) in [4.78, 5) is 13.9. The Balaban J connectivity index is 2.62. The van der Waals surface area contributed by atoms with Crippen molar-refractivity contribution in [3.8, 4) is 0 Å². The highest BCUT2D eigenvalue weighted by Crippen LogP contribution is 2.24. The molecule has 15 heavy (non-hydrogen) atoms. The van der Waals surface area contributed by atoms with E-state index in [9.17, 15) is 4.79 Å². The average molecular weight is 210 g/mol. The second-order valence-electron chi connectivity index (χ2n) is 4.23. The molecule has 0 heterocycles. The summed E-state index contributed by atoms with van der Waals surface area (Å²) in [7, 11) is 0. The van der Waals surface area contributed by atoms with Crippen LogP contribution in [0.5, 0.6) is 0 Å². The lowest BCUT2D eigenvalue weighted by atomic mass is 10.1. The third kappa shape index (κ3) is 3.06. The van der Waals surface area contributed by atoms with Gasteiger partial charge in [0.25, 0.3) is 0 Å². The summed E-state index contributed by atoms with van der Waals surface area (Å²) in [6.45, 7) is 6.29. The van der Waals surface area contributed by atoms with E-state index in [0.29, 0.717) is 19.0 Å². The van der Waals surface area contributed by atoms with Gasteiger partial charge in [-0.1, -0.05) is 25.8 Å². The van der Waals surface area contributed by atoms with Crippen molar-refractivity contribution in [2.24, 2.45) is 5.73 Å². The van der Waals surface area contributed by atoms with Gasteiger partial charge in [-0.05, 0) is 19.3 Å². The van der Waals surface area contributed by atoms with E-state index in [1.165, 1.54) is 12.8 Å². The van der Waals surface area contributed by atoms with Crippen molar-refractivity contribution in [1.29, 1.82) is 0 Å². The number of amides is 1. The van der Waals surface area contributed by atoms with Crippen LogP contribution in [0.25, 0.3) is 0 Å². The monoisotopic (exact) mass is 210 g/mol. The van der Waals surface area contributed by atoms with Crippen LogP contribution in [-0.4, -0.2) is 29.4 Å². The van der Waals surface area contributed by atoms with E-state index in [2.05, 4.69) is 6.58 Å². The molecule has 3 nitrogen and oxygen atoms in total. The standard InChI is InChI=1S/C12H22N2O/c1-3-9-14(10-7-5-6-8-10)12(15)11(13)4-2/h3,10-11H,1,4-9,13H2,2H3/t11-/m0/s1. The molecule has 0 unspecified atom stereocenters. The Morgan fingerprint density at radius 1 is 1.60 bits per heavy atom. The Labute approximate surface area is 92.3 Å². The van der Waals surface area contributed by atoms with E-state index in [4.69, 9.17) is 5.73 Å². The first-order valence-electron chi connectivity index (χ1n) is 5.87. The summed E-state index contributed by atoms with van der Waals surface area (Å²) < 4.78 is 0. The molecule has 0 aromatic heterocycles. The highest BCUT2D eigenvalue weighted by atomic mass is 16.2. The molecule has 0 aromatic carbocycles. The largest absolute Gasteiger partial charge is 0.335 e. The fourth-order valence-electron chi connectivity index (χ4n) is 2.16. The second-order valence-corrected chi connectivity index (χ2v) is 4.23. The smallest absolute Gasteiger partial charge is 0.240 e. The summed E-state index contributed by atoms with van der Waals surface area (Å²) in [6.07, 6.45) is 7.20. The van der Waals surface area contributed by atoms with Crippen molar-refractivity contribution in [3.05, 3.63) is 12.7 Å². The van der Waals surface area contributed by atoms with Gasteiger partial charge in [-0.2, -0.15) is 0 Å². The lowest BCUT2D eigenvalue weighted by molar-refractivity contribution is -0.134. The summed E-state index contributed by atoms with van der Waals surface area (Å²) in [6, 6.07) is 0.0543. The van der Waals surface area contributed by atoms with Crippen molar-refractivity contribution < 1.29 is 4.79 Å². The van der Waals surface area contributed by atoms with Gasteiger partial charge in [-0.25, -0.2) is 0 Å². The molecule has 0 aromatic rings. The van der Waals surface area contributed by atoms with Crippen LogP contribution >= 0.6 is 0 Å². The number of carbonyl (C=O) groups is 1. The van der Waals surface area contributed by atoms with E-state index < -0.39 is 0 Å². The molecule has 1 saturated carbocycles. The summed E-state index contributed by atoms with van der Waals surface area (Å²) in [5.74, 6) is 0.0873. The molecule has 1 amide bonds. The lowest BCUT2D eigenvalue weighted by Crippen LogP contribution is -2.47. The molecule has 0 radical (unpaired) electrons. The van der Waals surface area contributed by atoms with Crippen LogP contribution in [0.3, 0.4) is 0 Å². The zero-order valence-electron chi connectivity index (χ0n) is 9.61. The van der Waals surface area contributed by atoms with E-state index in [1.807, 2.05) is 11.8 Å². The molecule has 0 saturated heterocycles. The van der Waals surface area contributed by atoms with Crippen molar-refractivity contribution in [3.63, 3.8) is 0 Å². The molecule has 1 rings (SSSR count). The van der Waals surface area contributed by atoms with Gasteiger partial charge in [0.15, 0.2) is 0 Å². The van der Waals surface area contributed by atoms with Crippen LogP contribution in [0.15, 0.2) is 12.7 Å². The third-order valence-electron chi connectivity index (χ3n) is 3.13. The van der Waals surface area contributed by atoms with Gasteiger partial charge in [-0.15, -0.1) is 6.58 Å². The first-order valence-corrected chi connectivity index (χ1v) is 5.87. The van der Waals surface area contributed by atoms with Gasteiger partial charge in [0.1, 0.15) is 0 Å². The minimum atomic E-state index is -0.342.